The van der Waals surface area contributed by atoms with Crippen LogP contribution in [0, 0.1) is 12.8 Å². The van der Waals surface area contributed by atoms with E-state index in [0.29, 0.717) is 28.6 Å². The number of hydrogen-bond acceptors (Lipinski definition) is 5. The minimum Gasteiger partial charge on any atom is -0.381 e. The number of thiazole rings is 1. The van der Waals surface area contributed by atoms with Crippen molar-refractivity contribution in [2.24, 2.45) is 5.92 Å². The molecule has 1 aromatic heterocycles. The Bertz CT molecular complexity index is 910. The van der Waals surface area contributed by atoms with E-state index in [9.17, 15) is 9.59 Å². The Morgan fingerprint density at radius 2 is 1.89 bits per heavy atom. The van der Waals surface area contributed by atoms with E-state index >= 15 is 0 Å². The van der Waals surface area contributed by atoms with Crippen molar-refractivity contribution < 1.29 is 14.3 Å². The number of benzene rings is 1. The fraction of sp³-hybridized carbons (Fsp3) is 0.381. The molecule has 1 fully saturated rings. The molecule has 2 aromatic rings. The van der Waals surface area contributed by atoms with E-state index in [4.69, 9.17) is 16.3 Å². The van der Waals surface area contributed by atoms with Crippen molar-refractivity contribution in [3.05, 3.63) is 51.5 Å². The zero-order valence-corrected chi connectivity index (χ0v) is 16.6. The summed E-state index contributed by atoms with van der Waals surface area (Å²) in [5.74, 6) is -0.584. The highest BCUT2D eigenvalue weighted by atomic mass is 35.5. The predicted octanol–water partition coefficient (Wildman–Crippen LogP) is 4.75. The molecular weight excluding hydrogens is 382 g/mol. The molecule has 0 spiro atoms. The van der Waals surface area contributed by atoms with Crippen molar-refractivity contribution in [3.8, 4) is 10.6 Å². The fourth-order valence-corrected chi connectivity index (χ4v) is 4.79. The molecule has 0 bridgehead atoms. The summed E-state index contributed by atoms with van der Waals surface area (Å²) in [7, 11) is 0. The molecule has 1 atom stereocenters. The summed E-state index contributed by atoms with van der Waals surface area (Å²) in [4.78, 5) is 31.1. The Morgan fingerprint density at radius 3 is 2.59 bits per heavy atom. The molecule has 1 aliphatic carbocycles. The van der Waals surface area contributed by atoms with Gasteiger partial charge >= 0.3 is 0 Å². The molecule has 140 valence electrons. The highest BCUT2D eigenvalue weighted by Crippen LogP contribution is 2.38. The first-order valence-corrected chi connectivity index (χ1v) is 10.3. The van der Waals surface area contributed by atoms with Crippen molar-refractivity contribution in [2.45, 2.75) is 32.1 Å². The molecule has 2 heterocycles. The van der Waals surface area contributed by atoms with Gasteiger partial charge in [0.05, 0.1) is 5.69 Å². The summed E-state index contributed by atoms with van der Waals surface area (Å²) >= 11 is 7.46. The van der Waals surface area contributed by atoms with Gasteiger partial charge in [0.25, 0.3) is 0 Å². The van der Waals surface area contributed by atoms with Gasteiger partial charge in [0.2, 0.25) is 0 Å². The zero-order chi connectivity index (χ0) is 19.0. The quantitative estimate of drug-likeness (QED) is 0.693. The molecule has 0 saturated carbocycles. The van der Waals surface area contributed by atoms with Crippen molar-refractivity contribution >= 4 is 34.5 Å². The monoisotopic (exact) mass is 401 g/mol. The number of hydrogen-bond donors (Lipinski definition) is 0. The first-order chi connectivity index (χ1) is 13.0. The third kappa shape index (κ3) is 3.77. The number of aromatic nitrogens is 1. The Hall–Kier alpha value is -1.82. The van der Waals surface area contributed by atoms with E-state index in [0.717, 1.165) is 41.5 Å². The van der Waals surface area contributed by atoms with Crippen LogP contribution in [0.2, 0.25) is 5.02 Å². The second kappa shape index (κ2) is 7.66. The summed E-state index contributed by atoms with van der Waals surface area (Å²) in [6.45, 7) is 3.39. The Labute approximate surface area is 167 Å². The van der Waals surface area contributed by atoms with Gasteiger partial charge in [0.1, 0.15) is 10.9 Å². The summed E-state index contributed by atoms with van der Waals surface area (Å²) in [5.41, 5.74) is 2.18. The van der Waals surface area contributed by atoms with Gasteiger partial charge in [-0.3, -0.25) is 9.59 Å². The van der Waals surface area contributed by atoms with Crippen LogP contribution in [-0.2, 0) is 14.3 Å². The van der Waals surface area contributed by atoms with Crippen LogP contribution in [0.3, 0.4) is 0 Å². The number of allylic oxidation sites excluding steroid dienone is 2. The Morgan fingerprint density at radius 1 is 1.19 bits per heavy atom. The first kappa shape index (κ1) is 18.5. The Balaban J connectivity index is 1.56. The number of halogens is 1. The molecule has 6 heteroatoms. The minimum absolute atomic E-state index is 0.0810. The Kier molecular flexibility index (Phi) is 5.26. The van der Waals surface area contributed by atoms with Crippen LogP contribution in [0.1, 0.15) is 35.8 Å². The highest BCUT2D eigenvalue weighted by molar-refractivity contribution is 7.15. The first-order valence-electron chi connectivity index (χ1n) is 9.12. The van der Waals surface area contributed by atoms with Crippen LogP contribution in [0.15, 0.2) is 35.9 Å². The van der Waals surface area contributed by atoms with Crippen LogP contribution >= 0.6 is 22.9 Å². The number of carbonyl (C=O) groups is 2. The largest absolute Gasteiger partial charge is 0.381 e. The van der Waals surface area contributed by atoms with Gasteiger partial charge in [-0.25, -0.2) is 4.98 Å². The van der Waals surface area contributed by atoms with Crippen LogP contribution in [0.5, 0.6) is 0 Å². The third-order valence-corrected chi connectivity index (χ3v) is 6.51. The molecule has 1 saturated heterocycles. The van der Waals surface area contributed by atoms with E-state index in [1.165, 1.54) is 11.3 Å². The van der Waals surface area contributed by atoms with Crippen LogP contribution < -0.4 is 0 Å². The van der Waals surface area contributed by atoms with Gasteiger partial charge in [-0.15, -0.1) is 11.3 Å². The molecular formula is C21H20ClNO3S. The van der Waals surface area contributed by atoms with Gasteiger partial charge in [0, 0.05) is 34.3 Å². The maximum atomic E-state index is 13.0. The average Bonchev–Trinajstić information content (AvgIpc) is 3.16. The second-order valence-corrected chi connectivity index (χ2v) is 8.74. The maximum Gasteiger partial charge on any atom is 0.175 e. The van der Waals surface area contributed by atoms with E-state index in [2.05, 4.69) is 4.98 Å². The van der Waals surface area contributed by atoms with Crippen LogP contribution in [-0.4, -0.2) is 29.8 Å². The lowest BCUT2D eigenvalue weighted by Gasteiger charge is -2.22. The van der Waals surface area contributed by atoms with E-state index in [1.807, 2.05) is 31.2 Å². The summed E-state index contributed by atoms with van der Waals surface area (Å²) in [5, 5.41) is 1.47. The zero-order valence-electron chi connectivity index (χ0n) is 15.0. The van der Waals surface area contributed by atoms with Gasteiger partial charge in [-0.1, -0.05) is 23.7 Å². The summed E-state index contributed by atoms with van der Waals surface area (Å²) < 4.78 is 5.38. The van der Waals surface area contributed by atoms with E-state index in [1.54, 1.807) is 6.08 Å². The second-order valence-electron chi connectivity index (χ2n) is 7.10. The van der Waals surface area contributed by atoms with E-state index in [-0.39, 0.29) is 11.6 Å². The molecule has 2 aliphatic rings. The highest BCUT2D eigenvalue weighted by Gasteiger charge is 2.39. The molecule has 1 aliphatic heterocycles. The summed E-state index contributed by atoms with van der Waals surface area (Å²) in [6.07, 6.45) is 4.10. The molecule has 0 amide bonds. The lowest BCUT2D eigenvalue weighted by Crippen LogP contribution is -2.19. The normalized spacial score (nSPS) is 21.0. The van der Waals surface area contributed by atoms with Crippen molar-refractivity contribution in [1.82, 2.24) is 4.98 Å². The van der Waals surface area contributed by atoms with Crippen molar-refractivity contribution in [1.29, 1.82) is 0 Å². The van der Waals surface area contributed by atoms with Crippen molar-refractivity contribution in [2.75, 3.05) is 13.2 Å². The minimum atomic E-state index is -0.780. The number of carbonyl (C=O) groups excluding carboxylic acids is 2. The number of nitrogens with zero attached hydrogens (tertiary/aromatic N) is 1. The van der Waals surface area contributed by atoms with Crippen molar-refractivity contribution in [3.63, 3.8) is 0 Å². The van der Waals surface area contributed by atoms with Gasteiger partial charge in [0.15, 0.2) is 11.6 Å². The molecule has 1 aromatic carbocycles. The SMILES string of the molecule is Cc1sc(-c2ccc(Cl)cc2)nc1C1C(=O)C=C(CC2CCOCC2)C1=O. The number of Topliss-reactive ketones (excluding diaryl/α,β-unsaturated/α-hetero) is 1. The lowest BCUT2D eigenvalue weighted by atomic mass is 9.89. The predicted molar refractivity (Wildman–Crippen MR) is 106 cm³/mol. The third-order valence-electron chi connectivity index (χ3n) is 5.23. The number of rotatable bonds is 4. The molecule has 4 rings (SSSR count). The molecule has 27 heavy (non-hydrogen) atoms. The molecule has 4 nitrogen and oxygen atoms in total. The molecule has 1 unspecified atom stereocenters. The topological polar surface area (TPSA) is 56.3 Å². The standard InChI is InChI=1S/C21H20ClNO3S/c1-12-19(23-21(27-12)14-2-4-16(22)5-3-14)18-17(24)11-15(20(18)25)10-13-6-8-26-9-7-13/h2-5,11,13,18H,6-10H2,1H3. The number of aryl methyl sites for hydroxylation is 1. The average molecular weight is 402 g/mol. The van der Waals surface area contributed by atoms with Gasteiger partial charge < -0.3 is 4.74 Å². The molecule has 0 radical (unpaired) electrons. The fourth-order valence-electron chi connectivity index (χ4n) is 3.71. The van der Waals surface area contributed by atoms with Gasteiger partial charge in [-0.2, -0.15) is 0 Å². The number of ketones is 2. The smallest absolute Gasteiger partial charge is 0.175 e. The van der Waals surface area contributed by atoms with Crippen LogP contribution in [0.25, 0.3) is 10.6 Å². The lowest BCUT2D eigenvalue weighted by molar-refractivity contribution is -0.123. The summed E-state index contributed by atoms with van der Waals surface area (Å²) in [6, 6.07) is 7.43. The van der Waals surface area contributed by atoms with E-state index < -0.39 is 5.92 Å². The van der Waals surface area contributed by atoms with Gasteiger partial charge in [-0.05, 0) is 50.3 Å². The maximum absolute atomic E-state index is 13.0. The molecule has 0 N–H and O–H groups in total. The van der Waals surface area contributed by atoms with Crippen LogP contribution in [0.4, 0.5) is 0 Å². The number of ether oxygens (including phenoxy) is 1.